The summed E-state index contributed by atoms with van der Waals surface area (Å²) >= 11 is 0. The van der Waals surface area contributed by atoms with Crippen LogP contribution in [0.25, 0.3) is 0 Å². The van der Waals surface area contributed by atoms with Gasteiger partial charge in [0.25, 0.3) is 0 Å². The topological polar surface area (TPSA) is 83.2 Å². The summed E-state index contributed by atoms with van der Waals surface area (Å²) in [6.45, 7) is 3.70. The Labute approximate surface area is 84.5 Å². The minimum atomic E-state index is -0.106. The molecule has 1 unspecified atom stereocenters. The molecule has 1 atom stereocenters. The largest absolute Gasteiger partial charge is 0.414 e. The molecule has 0 aromatic heterocycles. The molecule has 5 heteroatoms. The monoisotopic (exact) mass is 198 g/mol. The first-order valence-electron chi connectivity index (χ1n) is 4.31. The fourth-order valence-corrected chi connectivity index (χ4v) is 0.934. The van der Waals surface area contributed by atoms with Crippen molar-refractivity contribution in [3.8, 4) is 0 Å². The van der Waals surface area contributed by atoms with Gasteiger partial charge < -0.3 is 15.9 Å². The van der Waals surface area contributed by atoms with Crippen molar-refractivity contribution in [1.29, 1.82) is 5.41 Å². The third-order valence-corrected chi connectivity index (χ3v) is 1.68. The lowest BCUT2D eigenvalue weighted by molar-refractivity contribution is 0.127. The van der Waals surface area contributed by atoms with Gasteiger partial charge >= 0.3 is 0 Å². The summed E-state index contributed by atoms with van der Waals surface area (Å²) in [5.74, 6) is 0.716. The number of hydrogen-bond acceptors (Lipinski definition) is 4. The molecule has 0 aliphatic heterocycles. The van der Waals surface area contributed by atoms with Crippen molar-refractivity contribution in [2.75, 3.05) is 7.05 Å². The van der Waals surface area contributed by atoms with Gasteiger partial charge in [-0.05, 0) is 31.7 Å². The van der Waals surface area contributed by atoms with Crippen LogP contribution < -0.4 is 16.5 Å². The SMILES string of the molecule is CNO/C(C)=C/C(NC=N)/C(C)=C/N. The Morgan fingerprint density at radius 3 is 2.57 bits per heavy atom. The molecule has 0 aromatic carbocycles. The van der Waals surface area contributed by atoms with Crippen molar-refractivity contribution < 1.29 is 4.84 Å². The van der Waals surface area contributed by atoms with E-state index in [-0.39, 0.29) is 6.04 Å². The molecular formula is C9H18N4O. The average molecular weight is 198 g/mol. The fraction of sp³-hybridized carbons (Fsp3) is 0.444. The summed E-state index contributed by atoms with van der Waals surface area (Å²) in [7, 11) is 1.68. The zero-order valence-electron chi connectivity index (χ0n) is 8.79. The molecule has 14 heavy (non-hydrogen) atoms. The normalized spacial score (nSPS) is 14.8. The van der Waals surface area contributed by atoms with Crippen LogP contribution in [0.3, 0.4) is 0 Å². The molecule has 5 nitrogen and oxygen atoms in total. The number of allylic oxidation sites excluding steroid dienone is 1. The molecule has 80 valence electrons. The minimum Gasteiger partial charge on any atom is -0.414 e. The predicted octanol–water partition coefficient (Wildman–Crippen LogP) is 0.469. The first kappa shape index (κ1) is 12.5. The van der Waals surface area contributed by atoms with Gasteiger partial charge in [0, 0.05) is 7.05 Å². The predicted molar refractivity (Wildman–Crippen MR) is 57.6 cm³/mol. The molecule has 0 aromatic rings. The molecule has 0 radical (unpaired) electrons. The van der Waals surface area contributed by atoms with Crippen LogP contribution in [0.2, 0.25) is 0 Å². The number of hydrogen-bond donors (Lipinski definition) is 4. The van der Waals surface area contributed by atoms with E-state index in [0.717, 1.165) is 11.9 Å². The average Bonchev–Trinajstić information content (AvgIpc) is 2.16. The van der Waals surface area contributed by atoms with E-state index in [1.807, 2.05) is 19.9 Å². The molecule has 0 heterocycles. The van der Waals surface area contributed by atoms with Crippen LogP contribution in [0.1, 0.15) is 13.8 Å². The molecule has 0 aliphatic rings. The van der Waals surface area contributed by atoms with Crippen molar-refractivity contribution >= 4 is 6.34 Å². The van der Waals surface area contributed by atoms with Crippen molar-refractivity contribution in [1.82, 2.24) is 10.8 Å². The Bertz CT molecular complexity index is 235. The molecule has 0 amide bonds. The highest BCUT2D eigenvalue weighted by molar-refractivity contribution is 5.52. The number of hydroxylamine groups is 1. The molecule has 0 rings (SSSR count). The maximum Gasteiger partial charge on any atom is 0.119 e. The highest BCUT2D eigenvalue weighted by Crippen LogP contribution is 2.04. The second-order valence-corrected chi connectivity index (χ2v) is 2.78. The number of nitrogens with two attached hydrogens (primary N) is 1. The van der Waals surface area contributed by atoms with Crippen LogP contribution in [0.5, 0.6) is 0 Å². The molecular weight excluding hydrogens is 180 g/mol. The van der Waals surface area contributed by atoms with Crippen LogP contribution in [-0.4, -0.2) is 19.4 Å². The van der Waals surface area contributed by atoms with Crippen molar-refractivity contribution in [3.05, 3.63) is 23.6 Å². The van der Waals surface area contributed by atoms with Crippen molar-refractivity contribution in [2.45, 2.75) is 19.9 Å². The first-order valence-corrected chi connectivity index (χ1v) is 4.31. The Morgan fingerprint density at radius 2 is 2.14 bits per heavy atom. The van der Waals surface area contributed by atoms with Gasteiger partial charge in [0.05, 0.1) is 12.4 Å². The summed E-state index contributed by atoms with van der Waals surface area (Å²) in [4.78, 5) is 5.04. The van der Waals surface area contributed by atoms with Crippen molar-refractivity contribution in [2.24, 2.45) is 5.73 Å². The van der Waals surface area contributed by atoms with E-state index < -0.39 is 0 Å². The summed E-state index contributed by atoms with van der Waals surface area (Å²) in [5, 5.41) is 9.79. The Balaban J connectivity index is 4.50. The van der Waals surface area contributed by atoms with Crippen LogP contribution in [0.4, 0.5) is 0 Å². The third-order valence-electron chi connectivity index (χ3n) is 1.68. The van der Waals surface area contributed by atoms with E-state index >= 15 is 0 Å². The highest BCUT2D eigenvalue weighted by atomic mass is 16.6. The van der Waals surface area contributed by atoms with Gasteiger partial charge in [-0.3, -0.25) is 5.41 Å². The maximum atomic E-state index is 6.96. The Hall–Kier alpha value is -1.49. The molecule has 0 bridgehead atoms. The Kier molecular flexibility index (Phi) is 6.22. The zero-order chi connectivity index (χ0) is 11.0. The van der Waals surface area contributed by atoms with Gasteiger partial charge in [-0.15, -0.1) is 0 Å². The number of rotatable bonds is 6. The van der Waals surface area contributed by atoms with E-state index in [0.29, 0.717) is 5.76 Å². The first-order chi connectivity index (χ1) is 6.65. The quantitative estimate of drug-likeness (QED) is 0.216. The highest BCUT2D eigenvalue weighted by Gasteiger charge is 2.05. The number of nitrogens with one attached hydrogen (secondary N) is 3. The van der Waals surface area contributed by atoms with E-state index in [9.17, 15) is 0 Å². The maximum absolute atomic E-state index is 6.96. The van der Waals surface area contributed by atoms with Gasteiger partial charge in [-0.25, -0.2) is 0 Å². The smallest absolute Gasteiger partial charge is 0.119 e. The van der Waals surface area contributed by atoms with Crippen LogP contribution in [-0.2, 0) is 4.84 Å². The zero-order valence-corrected chi connectivity index (χ0v) is 8.79. The second kappa shape index (κ2) is 6.97. The van der Waals surface area contributed by atoms with Gasteiger partial charge in [-0.2, -0.15) is 5.48 Å². The lowest BCUT2D eigenvalue weighted by atomic mass is 10.1. The van der Waals surface area contributed by atoms with E-state index in [1.165, 1.54) is 6.20 Å². The van der Waals surface area contributed by atoms with Gasteiger partial charge in [0.1, 0.15) is 5.76 Å². The summed E-state index contributed by atoms with van der Waals surface area (Å²) in [6.07, 6.45) is 4.46. The standard InChI is InChI=1S/C9H18N4O/c1-7(5-10)9(13-6-11)4-8(2)14-12-3/h4-6,9,12H,10H2,1-3H3,(H2,11,13)/b7-5+,8-4+. The van der Waals surface area contributed by atoms with E-state index in [4.69, 9.17) is 16.0 Å². The Morgan fingerprint density at radius 1 is 1.50 bits per heavy atom. The summed E-state index contributed by atoms with van der Waals surface area (Å²) < 4.78 is 0. The molecule has 0 saturated carbocycles. The molecule has 0 saturated heterocycles. The molecule has 0 fully saturated rings. The van der Waals surface area contributed by atoms with Crippen LogP contribution in [0.15, 0.2) is 23.6 Å². The fourth-order valence-electron chi connectivity index (χ4n) is 0.934. The molecule has 0 spiro atoms. The van der Waals surface area contributed by atoms with E-state index in [1.54, 1.807) is 7.05 Å². The van der Waals surface area contributed by atoms with Crippen LogP contribution in [0, 0.1) is 5.41 Å². The lowest BCUT2D eigenvalue weighted by Crippen LogP contribution is -2.27. The third kappa shape index (κ3) is 4.51. The lowest BCUT2D eigenvalue weighted by Gasteiger charge is -2.14. The minimum absolute atomic E-state index is 0.106. The second-order valence-electron chi connectivity index (χ2n) is 2.78. The van der Waals surface area contributed by atoms with Gasteiger partial charge in [0.15, 0.2) is 0 Å². The van der Waals surface area contributed by atoms with Crippen LogP contribution >= 0.6 is 0 Å². The summed E-state index contributed by atoms with van der Waals surface area (Å²) in [6, 6.07) is -0.106. The van der Waals surface area contributed by atoms with Gasteiger partial charge in [0.2, 0.25) is 0 Å². The molecule has 0 aliphatic carbocycles. The molecule has 5 N–H and O–H groups in total. The van der Waals surface area contributed by atoms with Crippen molar-refractivity contribution in [3.63, 3.8) is 0 Å². The van der Waals surface area contributed by atoms with Gasteiger partial charge in [-0.1, -0.05) is 0 Å². The van der Waals surface area contributed by atoms with E-state index in [2.05, 4.69) is 10.8 Å². The summed E-state index contributed by atoms with van der Waals surface area (Å²) in [5.41, 5.74) is 8.88.